The molecular formula is C15H13BrFNO2. The molecule has 0 aromatic heterocycles. The molecule has 0 atom stereocenters. The van der Waals surface area contributed by atoms with E-state index in [1.165, 1.54) is 6.07 Å². The molecule has 0 aliphatic rings. The van der Waals surface area contributed by atoms with Crippen molar-refractivity contribution in [1.82, 2.24) is 5.32 Å². The largest absolute Gasteiger partial charge is 0.483 e. The van der Waals surface area contributed by atoms with Gasteiger partial charge in [-0.2, -0.15) is 0 Å². The molecule has 0 aliphatic heterocycles. The Kier molecular flexibility index (Phi) is 5.12. The van der Waals surface area contributed by atoms with Gasteiger partial charge in [0.15, 0.2) is 6.61 Å². The molecule has 0 saturated heterocycles. The highest BCUT2D eigenvalue weighted by atomic mass is 79.9. The summed E-state index contributed by atoms with van der Waals surface area (Å²) in [5.74, 6) is -0.0444. The predicted molar refractivity (Wildman–Crippen MR) is 77.9 cm³/mol. The average Bonchev–Trinajstić information content (AvgIpc) is 2.45. The van der Waals surface area contributed by atoms with Crippen LogP contribution >= 0.6 is 15.9 Å². The van der Waals surface area contributed by atoms with Gasteiger partial charge in [0.2, 0.25) is 0 Å². The molecule has 3 nitrogen and oxygen atoms in total. The quantitative estimate of drug-likeness (QED) is 0.909. The lowest BCUT2D eigenvalue weighted by Gasteiger charge is -2.09. The summed E-state index contributed by atoms with van der Waals surface area (Å²) in [7, 11) is 0. The van der Waals surface area contributed by atoms with Crippen LogP contribution < -0.4 is 10.1 Å². The number of benzene rings is 2. The Balaban J connectivity index is 1.82. The van der Waals surface area contributed by atoms with Crippen molar-refractivity contribution in [3.63, 3.8) is 0 Å². The topological polar surface area (TPSA) is 38.3 Å². The van der Waals surface area contributed by atoms with Crippen molar-refractivity contribution in [2.45, 2.75) is 6.54 Å². The van der Waals surface area contributed by atoms with Crippen molar-refractivity contribution in [2.24, 2.45) is 0 Å². The second-order valence-electron chi connectivity index (χ2n) is 4.09. The number of amides is 1. The van der Waals surface area contributed by atoms with Gasteiger partial charge in [0, 0.05) is 12.1 Å². The summed E-state index contributed by atoms with van der Waals surface area (Å²) < 4.78 is 19.5. The lowest BCUT2D eigenvalue weighted by Crippen LogP contribution is -2.28. The van der Waals surface area contributed by atoms with Gasteiger partial charge < -0.3 is 10.1 Å². The van der Waals surface area contributed by atoms with E-state index in [1.807, 2.05) is 18.2 Å². The maximum absolute atomic E-state index is 13.4. The maximum atomic E-state index is 13.4. The SMILES string of the molecule is O=C(COc1ccccc1Br)NCc1ccccc1F. The molecule has 104 valence electrons. The Morgan fingerprint density at radius 2 is 1.85 bits per heavy atom. The van der Waals surface area contributed by atoms with Crippen LogP contribution in [0.3, 0.4) is 0 Å². The highest BCUT2D eigenvalue weighted by molar-refractivity contribution is 9.10. The zero-order chi connectivity index (χ0) is 14.4. The van der Waals surface area contributed by atoms with E-state index in [2.05, 4.69) is 21.2 Å². The minimum Gasteiger partial charge on any atom is -0.483 e. The number of hydrogen-bond donors (Lipinski definition) is 1. The number of nitrogens with one attached hydrogen (secondary N) is 1. The number of rotatable bonds is 5. The highest BCUT2D eigenvalue weighted by Gasteiger charge is 2.06. The van der Waals surface area contributed by atoms with Gasteiger partial charge in [-0.05, 0) is 34.1 Å². The van der Waals surface area contributed by atoms with Crippen molar-refractivity contribution >= 4 is 21.8 Å². The second kappa shape index (κ2) is 7.05. The Morgan fingerprint density at radius 1 is 1.15 bits per heavy atom. The molecule has 2 aromatic carbocycles. The standard InChI is InChI=1S/C15H13BrFNO2/c16-12-6-2-4-8-14(12)20-10-15(19)18-9-11-5-1-3-7-13(11)17/h1-8H,9-10H2,(H,18,19). The fourth-order valence-electron chi connectivity index (χ4n) is 1.59. The lowest BCUT2D eigenvalue weighted by atomic mass is 10.2. The first kappa shape index (κ1) is 14.5. The van der Waals surface area contributed by atoms with Gasteiger partial charge in [-0.15, -0.1) is 0 Å². The van der Waals surface area contributed by atoms with Gasteiger partial charge in [0.05, 0.1) is 4.47 Å². The highest BCUT2D eigenvalue weighted by Crippen LogP contribution is 2.23. The predicted octanol–water partition coefficient (Wildman–Crippen LogP) is 3.28. The van der Waals surface area contributed by atoms with Gasteiger partial charge in [-0.25, -0.2) is 4.39 Å². The minimum atomic E-state index is -0.334. The molecule has 1 amide bonds. The second-order valence-corrected chi connectivity index (χ2v) is 4.94. The van der Waals surface area contributed by atoms with Crippen molar-refractivity contribution in [3.05, 3.63) is 64.4 Å². The molecule has 0 radical (unpaired) electrons. The first-order valence-electron chi connectivity index (χ1n) is 6.04. The smallest absolute Gasteiger partial charge is 0.258 e. The van der Waals surface area contributed by atoms with Crippen molar-refractivity contribution in [2.75, 3.05) is 6.61 Å². The Hall–Kier alpha value is -1.88. The van der Waals surface area contributed by atoms with E-state index in [9.17, 15) is 9.18 Å². The van der Waals surface area contributed by atoms with Crippen LogP contribution in [0.4, 0.5) is 4.39 Å². The molecule has 0 bridgehead atoms. The van der Waals surface area contributed by atoms with E-state index in [1.54, 1.807) is 24.3 Å². The molecule has 2 aromatic rings. The molecule has 1 N–H and O–H groups in total. The van der Waals surface area contributed by atoms with Crippen LogP contribution in [0.2, 0.25) is 0 Å². The zero-order valence-corrected chi connectivity index (χ0v) is 12.2. The molecule has 0 spiro atoms. The molecule has 5 heteroatoms. The van der Waals surface area contributed by atoms with Crippen LogP contribution in [0.25, 0.3) is 0 Å². The third-order valence-corrected chi connectivity index (χ3v) is 3.28. The number of para-hydroxylation sites is 1. The van der Waals surface area contributed by atoms with Crippen molar-refractivity contribution < 1.29 is 13.9 Å². The molecule has 2 rings (SSSR count). The first-order chi connectivity index (χ1) is 9.66. The Bertz CT molecular complexity index is 552. The Labute approximate surface area is 124 Å². The normalized spacial score (nSPS) is 10.1. The van der Waals surface area contributed by atoms with Gasteiger partial charge in [0.1, 0.15) is 11.6 Å². The monoisotopic (exact) mass is 337 g/mol. The van der Waals surface area contributed by atoms with Gasteiger partial charge in [-0.3, -0.25) is 4.79 Å². The van der Waals surface area contributed by atoms with Gasteiger partial charge in [0.25, 0.3) is 5.91 Å². The van der Waals surface area contributed by atoms with Crippen LogP contribution in [0, 0.1) is 5.82 Å². The van der Waals surface area contributed by atoms with E-state index in [0.29, 0.717) is 11.3 Å². The average molecular weight is 338 g/mol. The van der Waals surface area contributed by atoms with Crippen molar-refractivity contribution in [3.8, 4) is 5.75 Å². The van der Waals surface area contributed by atoms with Crippen molar-refractivity contribution in [1.29, 1.82) is 0 Å². The first-order valence-corrected chi connectivity index (χ1v) is 6.83. The maximum Gasteiger partial charge on any atom is 0.258 e. The van der Waals surface area contributed by atoms with Crippen LogP contribution in [0.1, 0.15) is 5.56 Å². The zero-order valence-electron chi connectivity index (χ0n) is 10.6. The summed E-state index contributed by atoms with van der Waals surface area (Å²) in [6, 6.07) is 13.6. The third-order valence-electron chi connectivity index (χ3n) is 2.63. The van der Waals surface area contributed by atoms with Crippen LogP contribution in [-0.4, -0.2) is 12.5 Å². The third kappa shape index (κ3) is 4.06. The summed E-state index contributed by atoms with van der Waals surface area (Å²) in [4.78, 5) is 11.6. The van der Waals surface area contributed by atoms with Gasteiger partial charge in [-0.1, -0.05) is 30.3 Å². The van der Waals surface area contributed by atoms with E-state index in [0.717, 1.165) is 4.47 Å². The van der Waals surface area contributed by atoms with E-state index < -0.39 is 0 Å². The fraction of sp³-hybridized carbons (Fsp3) is 0.133. The molecule has 0 unspecified atom stereocenters. The van der Waals surface area contributed by atoms with E-state index >= 15 is 0 Å². The fourth-order valence-corrected chi connectivity index (χ4v) is 1.99. The van der Waals surface area contributed by atoms with Crippen LogP contribution in [0.5, 0.6) is 5.75 Å². The van der Waals surface area contributed by atoms with Crippen LogP contribution in [0.15, 0.2) is 53.0 Å². The number of carbonyl (C=O) groups excluding carboxylic acids is 1. The van der Waals surface area contributed by atoms with Gasteiger partial charge >= 0.3 is 0 Å². The summed E-state index contributed by atoms with van der Waals surface area (Å²) in [6.07, 6.45) is 0. The molecule has 0 saturated carbocycles. The molecule has 0 fully saturated rings. The number of ether oxygens (including phenoxy) is 1. The molecule has 0 aliphatic carbocycles. The molecule has 0 heterocycles. The van der Waals surface area contributed by atoms with E-state index in [4.69, 9.17) is 4.74 Å². The molecule has 20 heavy (non-hydrogen) atoms. The number of halogens is 2. The number of carbonyl (C=O) groups is 1. The molecular weight excluding hydrogens is 325 g/mol. The summed E-state index contributed by atoms with van der Waals surface area (Å²) in [5.41, 5.74) is 0.446. The summed E-state index contributed by atoms with van der Waals surface area (Å²) >= 11 is 3.33. The Morgan fingerprint density at radius 3 is 2.60 bits per heavy atom. The van der Waals surface area contributed by atoms with Crippen LogP contribution in [-0.2, 0) is 11.3 Å². The summed E-state index contributed by atoms with van der Waals surface area (Å²) in [5, 5.41) is 2.61. The minimum absolute atomic E-state index is 0.114. The number of hydrogen-bond acceptors (Lipinski definition) is 2. The van der Waals surface area contributed by atoms with E-state index in [-0.39, 0.29) is 24.9 Å². The summed E-state index contributed by atoms with van der Waals surface area (Å²) in [6.45, 7) is 0.0297. The lowest BCUT2D eigenvalue weighted by molar-refractivity contribution is -0.123.